The molecule has 1 N–H and O–H groups in total. The first-order valence-electron chi connectivity index (χ1n) is 7.74. The lowest BCUT2D eigenvalue weighted by atomic mass is 10.1. The van der Waals surface area contributed by atoms with E-state index in [2.05, 4.69) is 4.72 Å². The Morgan fingerprint density at radius 2 is 1.32 bits per heavy atom. The quantitative estimate of drug-likeness (QED) is 0.523. The summed E-state index contributed by atoms with van der Waals surface area (Å²) in [5, 5.41) is 3.73. The summed E-state index contributed by atoms with van der Waals surface area (Å²) in [6.07, 6.45) is 0. The van der Waals surface area contributed by atoms with Crippen molar-refractivity contribution in [1.82, 2.24) is 0 Å². The van der Waals surface area contributed by atoms with Crippen molar-refractivity contribution in [3.8, 4) is 0 Å². The van der Waals surface area contributed by atoms with Gasteiger partial charge in [-0.3, -0.25) is 4.72 Å². The predicted octanol–water partition coefficient (Wildman–Crippen LogP) is 5.45. The van der Waals surface area contributed by atoms with Crippen LogP contribution in [0, 0.1) is 0 Å². The van der Waals surface area contributed by atoms with Gasteiger partial charge in [-0.05, 0) is 23.6 Å². The van der Waals surface area contributed by atoms with E-state index in [1.807, 2.05) is 54.6 Å². The Morgan fingerprint density at radius 1 is 0.680 bits per heavy atom. The molecule has 0 aliphatic heterocycles. The summed E-state index contributed by atoms with van der Waals surface area (Å²) >= 11 is 6.22. The van der Waals surface area contributed by atoms with Crippen LogP contribution in [-0.4, -0.2) is 8.42 Å². The fourth-order valence-corrected chi connectivity index (χ4v) is 4.52. The van der Waals surface area contributed by atoms with E-state index in [0.29, 0.717) is 16.1 Å². The molecule has 25 heavy (non-hydrogen) atoms. The number of hydrogen-bond acceptors (Lipinski definition) is 2. The topological polar surface area (TPSA) is 46.2 Å². The second-order valence-electron chi connectivity index (χ2n) is 5.72. The summed E-state index contributed by atoms with van der Waals surface area (Å²) in [4.78, 5) is 0.254. The molecule has 0 saturated heterocycles. The minimum absolute atomic E-state index is 0.254. The van der Waals surface area contributed by atoms with Gasteiger partial charge in [-0.1, -0.05) is 72.3 Å². The zero-order valence-electron chi connectivity index (χ0n) is 13.1. The van der Waals surface area contributed by atoms with Crippen molar-refractivity contribution < 1.29 is 8.42 Å². The molecule has 0 fully saturated rings. The molecule has 4 aromatic rings. The van der Waals surface area contributed by atoms with Gasteiger partial charge in [0.25, 0.3) is 10.0 Å². The van der Waals surface area contributed by atoms with Gasteiger partial charge in [0, 0.05) is 21.2 Å². The molecule has 0 heterocycles. The molecular formula is C20H14ClNO2S. The lowest BCUT2D eigenvalue weighted by Crippen LogP contribution is -2.13. The second kappa shape index (κ2) is 6.06. The third-order valence-corrected chi connectivity index (χ3v) is 5.91. The number of benzene rings is 4. The minimum Gasteiger partial charge on any atom is -0.279 e. The highest BCUT2D eigenvalue weighted by Crippen LogP contribution is 2.32. The van der Waals surface area contributed by atoms with E-state index in [1.165, 1.54) is 0 Å². The number of sulfonamides is 1. The Kier molecular flexibility index (Phi) is 3.86. The van der Waals surface area contributed by atoms with Crippen LogP contribution in [-0.2, 0) is 10.0 Å². The zero-order valence-corrected chi connectivity index (χ0v) is 14.7. The molecule has 4 aromatic carbocycles. The van der Waals surface area contributed by atoms with Gasteiger partial charge in [0.2, 0.25) is 0 Å². The molecule has 0 aliphatic rings. The average Bonchev–Trinajstić information content (AvgIpc) is 2.64. The first kappa shape index (κ1) is 15.9. The number of fused-ring (bicyclic) bond motifs is 2. The van der Waals surface area contributed by atoms with Gasteiger partial charge in [-0.25, -0.2) is 8.42 Å². The lowest BCUT2D eigenvalue weighted by Gasteiger charge is -2.13. The van der Waals surface area contributed by atoms with Crippen LogP contribution in [0.25, 0.3) is 21.5 Å². The molecule has 0 bridgehead atoms. The van der Waals surface area contributed by atoms with Crippen LogP contribution in [0.3, 0.4) is 0 Å². The van der Waals surface area contributed by atoms with Crippen LogP contribution in [0.2, 0.25) is 5.02 Å². The van der Waals surface area contributed by atoms with Crippen LogP contribution in [0.5, 0.6) is 0 Å². The molecule has 0 amide bonds. The Balaban J connectivity index is 1.87. The molecule has 0 unspecified atom stereocenters. The van der Waals surface area contributed by atoms with E-state index >= 15 is 0 Å². The summed E-state index contributed by atoms with van der Waals surface area (Å²) in [5.41, 5.74) is 0.507. The van der Waals surface area contributed by atoms with Crippen molar-refractivity contribution in [2.24, 2.45) is 0 Å². The predicted molar refractivity (Wildman–Crippen MR) is 104 cm³/mol. The Hall–Kier alpha value is -2.56. The lowest BCUT2D eigenvalue weighted by molar-refractivity contribution is 0.602. The highest BCUT2D eigenvalue weighted by Gasteiger charge is 2.18. The molecule has 0 atom stereocenters. The molecule has 0 saturated carbocycles. The Labute approximate surface area is 150 Å². The van der Waals surface area contributed by atoms with Gasteiger partial charge in [-0.2, -0.15) is 0 Å². The summed E-state index contributed by atoms with van der Waals surface area (Å²) in [6.45, 7) is 0. The molecule has 5 heteroatoms. The normalized spacial score (nSPS) is 11.7. The highest BCUT2D eigenvalue weighted by atomic mass is 35.5. The van der Waals surface area contributed by atoms with Gasteiger partial charge < -0.3 is 0 Å². The van der Waals surface area contributed by atoms with Gasteiger partial charge >= 0.3 is 0 Å². The average molecular weight is 368 g/mol. The third kappa shape index (κ3) is 2.84. The molecule has 0 spiro atoms. The first-order chi connectivity index (χ1) is 12.1. The standard InChI is InChI=1S/C20H14ClNO2S/c21-18-12-13-19(17-10-4-3-9-16(17)18)22-25(23,24)20-11-5-7-14-6-1-2-8-15(14)20/h1-13,22H. The van der Waals surface area contributed by atoms with Crippen molar-refractivity contribution >= 4 is 48.9 Å². The maximum absolute atomic E-state index is 13.0. The van der Waals surface area contributed by atoms with Crippen molar-refractivity contribution in [3.63, 3.8) is 0 Å². The van der Waals surface area contributed by atoms with Crippen molar-refractivity contribution in [2.75, 3.05) is 4.72 Å². The van der Waals surface area contributed by atoms with Crippen molar-refractivity contribution in [3.05, 3.63) is 83.9 Å². The third-order valence-electron chi connectivity index (χ3n) is 4.15. The van der Waals surface area contributed by atoms with Crippen LogP contribution in [0.4, 0.5) is 5.69 Å². The van der Waals surface area contributed by atoms with E-state index in [1.54, 1.807) is 24.3 Å². The zero-order chi connectivity index (χ0) is 17.4. The molecule has 124 valence electrons. The van der Waals surface area contributed by atoms with E-state index in [9.17, 15) is 8.42 Å². The van der Waals surface area contributed by atoms with Gasteiger partial charge in [0.05, 0.1) is 10.6 Å². The summed E-state index contributed by atoms with van der Waals surface area (Å²) in [6, 6.07) is 23.5. The SMILES string of the molecule is O=S(=O)(Nc1ccc(Cl)c2ccccc12)c1cccc2ccccc12. The maximum Gasteiger partial charge on any atom is 0.262 e. The summed E-state index contributed by atoms with van der Waals surface area (Å²) in [5.74, 6) is 0. The van der Waals surface area contributed by atoms with Crippen LogP contribution in [0.15, 0.2) is 83.8 Å². The highest BCUT2D eigenvalue weighted by molar-refractivity contribution is 7.93. The van der Waals surface area contributed by atoms with E-state index < -0.39 is 10.0 Å². The summed E-state index contributed by atoms with van der Waals surface area (Å²) in [7, 11) is -3.74. The number of anilines is 1. The monoisotopic (exact) mass is 367 g/mol. The van der Waals surface area contributed by atoms with Crippen LogP contribution in [0.1, 0.15) is 0 Å². The molecule has 0 radical (unpaired) electrons. The molecular weight excluding hydrogens is 354 g/mol. The summed E-state index contributed by atoms with van der Waals surface area (Å²) < 4.78 is 28.7. The van der Waals surface area contributed by atoms with Gasteiger partial charge in [-0.15, -0.1) is 0 Å². The molecule has 4 rings (SSSR count). The maximum atomic E-state index is 13.0. The van der Waals surface area contributed by atoms with E-state index in [-0.39, 0.29) is 4.90 Å². The smallest absolute Gasteiger partial charge is 0.262 e. The Morgan fingerprint density at radius 3 is 2.12 bits per heavy atom. The minimum atomic E-state index is -3.74. The fourth-order valence-electron chi connectivity index (χ4n) is 2.98. The first-order valence-corrected chi connectivity index (χ1v) is 9.60. The van der Waals surface area contributed by atoms with Crippen molar-refractivity contribution in [1.29, 1.82) is 0 Å². The fraction of sp³-hybridized carbons (Fsp3) is 0. The van der Waals surface area contributed by atoms with Gasteiger partial charge in [0.15, 0.2) is 0 Å². The Bertz CT molecular complexity index is 1200. The van der Waals surface area contributed by atoms with Crippen LogP contribution < -0.4 is 4.72 Å². The van der Waals surface area contributed by atoms with E-state index in [0.717, 1.165) is 16.2 Å². The number of hydrogen-bond donors (Lipinski definition) is 1. The van der Waals surface area contributed by atoms with E-state index in [4.69, 9.17) is 11.6 Å². The van der Waals surface area contributed by atoms with Crippen molar-refractivity contribution in [2.45, 2.75) is 4.90 Å². The second-order valence-corrected chi connectivity index (χ2v) is 7.78. The largest absolute Gasteiger partial charge is 0.279 e. The molecule has 0 aromatic heterocycles. The number of rotatable bonds is 3. The number of nitrogens with one attached hydrogen (secondary N) is 1. The van der Waals surface area contributed by atoms with Gasteiger partial charge in [0.1, 0.15) is 0 Å². The molecule has 3 nitrogen and oxygen atoms in total. The van der Waals surface area contributed by atoms with Crippen LogP contribution >= 0.6 is 11.6 Å². The number of halogens is 1. The molecule has 0 aliphatic carbocycles.